The van der Waals surface area contributed by atoms with Gasteiger partial charge in [-0.05, 0) is 37.9 Å². The number of anilines is 2. The summed E-state index contributed by atoms with van der Waals surface area (Å²) in [7, 11) is 2.95. The molecule has 0 aromatic carbocycles. The SMILES string of the molecule is CNc1snc(C)c1C(=O)OCC(=O)Nc1sc(C)c(C)c1C(=O)OC. The van der Waals surface area contributed by atoms with Crippen molar-refractivity contribution in [2.75, 3.05) is 31.4 Å². The Labute approximate surface area is 158 Å². The number of amides is 1. The van der Waals surface area contributed by atoms with E-state index >= 15 is 0 Å². The predicted octanol–water partition coefficient (Wildman–Crippen LogP) is 2.75. The minimum atomic E-state index is -0.637. The van der Waals surface area contributed by atoms with Crippen molar-refractivity contribution in [3.05, 3.63) is 27.3 Å². The summed E-state index contributed by atoms with van der Waals surface area (Å²) in [4.78, 5) is 37.1. The summed E-state index contributed by atoms with van der Waals surface area (Å²) < 4.78 is 13.9. The lowest BCUT2D eigenvalue weighted by Crippen LogP contribution is -2.22. The molecule has 0 fully saturated rings. The number of hydrogen-bond donors (Lipinski definition) is 2. The van der Waals surface area contributed by atoms with Crippen molar-refractivity contribution < 1.29 is 23.9 Å². The van der Waals surface area contributed by atoms with Gasteiger partial charge in [-0.1, -0.05) is 0 Å². The van der Waals surface area contributed by atoms with Crippen molar-refractivity contribution in [2.45, 2.75) is 20.8 Å². The van der Waals surface area contributed by atoms with E-state index in [2.05, 4.69) is 15.0 Å². The molecule has 140 valence electrons. The quantitative estimate of drug-likeness (QED) is 0.722. The number of nitrogens with one attached hydrogen (secondary N) is 2. The average Bonchev–Trinajstić information content (AvgIpc) is 3.12. The molecule has 0 spiro atoms. The van der Waals surface area contributed by atoms with Crippen LogP contribution < -0.4 is 10.6 Å². The third-order valence-electron chi connectivity index (χ3n) is 3.66. The van der Waals surface area contributed by atoms with E-state index in [1.807, 2.05) is 6.92 Å². The Morgan fingerprint density at radius 1 is 1.08 bits per heavy atom. The number of carbonyl (C=O) groups is 3. The van der Waals surface area contributed by atoms with Gasteiger partial charge in [0.2, 0.25) is 0 Å². The largest absolute Gasteiger partial charge is 0.465 e. The minimum Gasteiger partial charge on any atom is -0.465 e. The van der Waals surface area contributed by atoms with Gasteiger partial charge in [0.1, 0.15) is 15.6 Å². The van der Waals surface area contributed by atoms with Crippen molar-refractivity contribution >= 4 is 50.7 Å². The van der Waals surface area contributed by atoms with Crippen LogP contribution in [0.25, 0.3) is 0 Å². The molecule has 0 aliphatic rings. The second kappa shape index (κ2) is 8.28. The molecule has 8 nitrogen and oxygen atoms in total. The van der Waals surface area contributed by atoms with Gasteiger partial charge in [0.25, 0.3) is 5.91 Å². The highest BCUT2D eigenvalue weighted by Crippen LogP contribution is 2.33. The van der Waals surface area contributed by atoms with E-state index in [1.54, 1.807) is 20.9 Å². The third kappa shape index (κ3) is 4.02. The van der Waals surface area contributed by atoms with Crippen LogP contribution in [0.2, 0.25) is 0 Å². The number of esters is 2. The Morgan fingerprint density at radius 3 is 2.38 bits per heavy atom. The maximum atomic E-state index is 12.2. The van der Waals surface area contributed by atoms with Crippen molar-refractivity contribution in [3.63, 3.8) is 0 Å². The number of thiophene rings is 1. The summed E-state index contributed by atoms with van der Waals surface area (Å²) in [5.74, 6) is -1.71. The van der Waals surface area contributed by atoms with Crippen LogP contribution in [-0.2, 0) is 14.3 Å². The van der Waals surface area contributed by atoms with E-state index in [1.165, 1.54) is 18.4 Å². The first-order chi connectivity index (χ1) is 12.3. The molecule has 0 saturated carbocycles. The zero-order valence-electron chi connectivity index (χ0n) is 15.0. The molecular formula is C16H19N3O5S2. The van der Waals surface area contributed by atoms with Crippen molar-refractivity contribution in [3.8, 4) is 0 Å². The van der Waals surface area contributed by atoms with Gasteiger partial charge in [-0.2, -0.15) is 4.37 Å². The molecule has 2 aromatic heterocycles. The minimum absolute atomic E-state index is 0.309. The lowest BCUT2D eigenvalue weighted by molar-refractivity contribution is -0.119. The number of aryl methyl sites for hydroxylation is 2. The summed E-state index contributed by atoms with van der Waals surface area (Å²) in [6.07, 6.45) is 0. The molecule has 10 heteroatoms. The molecule has 2 N–H and O–H groups in total. The molecule has 26 heavy (non-hydrogen) atoms. The van der Waals surface area contributed by atoms with E-state index < -0.39 is 24.5 Å². The highest BCUT2D eigenvalue weighted by atomic mass is 32.1. The van der Waals surface area contributed by atoms with Gasteiger partial charge in [-0.15, -0.1) is 11.3 Å². The van der Waals surface area contributed by atoms with Crippen molar-refractivity contribution in [1.82, 2.24) is 4.37 Å². The molecule has 2 heterocycles. The Bertz CT molecular complexity index is 856. The van der Waals surface area contributed by atoms with E-state index in [-0.39, 0.29) is 0 Å². The summed E-state index contributed by atoms with van der Waals surface area (Å²) in [5, 5.41) is 6.42. The summed E-state index contributed by atoms with van der Waals surface area (Å²) in [6.45, 7) is 4.83. The highest BCUT2D eigenvalue weighted by Gasteiger charge is 2.23. The summed E-state index contributed by atoms with van der Waals surface area (Å²) in [5.41, 5.74) is 1.89. The predicted molar refractivity (Wildman–Crippen MR) is 100 cm³/mol. The van der Waals surface area contributed by atoms with Crippen LogP contribution in [0.1, 0.15) is 36.9 Å². The van der Waals surface area contributed by atoms with Crippen LogP contribution in [0.15, 0.2) is 0 Å². The van der Waals surface area contributed by atoms with Gasteiger partial charge < -0.3 is 20.1 Å². The fraction of sp³-hybridized carbons (Fsp3) is 0.375. The Hall–Kier alpha value is -2.46. The fourth-order valence-corrected chi connectivity index (χ4v) is 4.01. The second-order valence-corrected chi connectivity index (χ2v) is 7.32. The molecular weight excluding hydrogens is 378 g/mol. The fourth-order valence-electron chi connectivity index (χ4n) is 2.21. The number of carbonyl (C=O) groups excluding carboxylic acids is 3. The lowest BCUT2D eigenvalue weighted by atomic mass is 10.1. The molecule has 2 rings (SSSR count). The molecule has 0 aliphatic heterocycles. The molecule has 0 saturated heterocycles. The first-order valence-electron chi connectivity index (χ1n) is 7.59. The first-order valence-corrected chi connectivity index (χ1v) is 9.18. The number of nitrogens with zero attached hydrogens (tertiary/aromatic N) is 1. The van der Waals surface area contributed by atoms with Crippen LogP contribution in [0.3, 0.4) is 0 Å². The second-order valence-electron chi connectivity index (χ2n) is 5.33. The van der Waals surface area contributed by atoms with E-state index in [9.17, 15) is 14.4 Å². The topological polar surface area (TPSA) is 107 Å². The van der Waals surface area contributed by atoms with Crippen LogP contribution in [-0.4, -0.2) is 43.0 Å². The van der Waals surface area contributed by atoms with Crippen molar-refractivity contribution in [2.24, 2.45) is 0 Å². The summed E-state index contributed by atoms with van der Waals surface area (Å²) >= 11 is 2.40. The first kappa shape index (κ1) is 19.9. The third-order valence-corrected chi connectivity index (χ3v) is 5.73. The van der Waals surface area contributed by atoms with Crippen LogP contribution >= 0.6 is 22.9 Å². The van der Waals surface area contributed by atoms with Gasteiger partial charge in [0.05, 0.1) is 18.4 Å². The van der Waals surface area contributed by atoms with Gasteiger partial charge >= 0.3 is 11.9 Å². The Balaban J connectivity index is 2.06. The highest BCUT2D eigenvalue weighted by molar-refractivity contribution is 7.16. The number of rotatable bonds is 6. The zero-order chi connectivity index (χ0) is 19.4. The van der Waals surface area contributed by atoms with Gasteiger partial charge in [0.15, 0.2) is 6.61 Å². The molecule has 2 aromatic rings. The van der Waals surface area contributed by atoms with Crippen LogP contribution in [0.5, 0.6) is 0 Å². The van der Waals surface area contributed by atoms with E-state index in [0.717, 1.165) is 22.0 Å². The monoisotopic (exact) mass is 397 g/mol. The Morgan fingerprint density at radius 2 is 1.77 bits per heavy atom. The number of aromatic nitrogens is 1. The maximum absolute atomic E-state index is 12.2. The van der Waals surface area contributed by atoms with Crippen LogP contribution in [0.4, 0.5) is 10.0 Å². The molecule has 0 radical (unpaired) electrons. The molecule has 0 atom stereocenters. The number of methoxy groups -OCH3 is 1. The molecule has 0 aliphatic carbocycles. The maximum Gasteiger partial charge on any atom is 0.343 e. The molecule has 0 unspecified atom stereocenters. The van der Waals surface area contributed by atoms with Gasteiger partial charge in [-0.25, -0.2) is 9.59 Å². The van der Waals surface area contributed by atoms with Gasteiger partial charge in [0, 0.05) is 11.9 Å². The molecule has 0 bridgehead atoms. The normalized spacial score (nSPS) is 10.3. The standard InChI is InChI=1S/C16H19N3O5S2/c1-7-9(3)25-14(11(7)15(21)23-5)18-10(20)6-24-16(22)12-8(2)19-26-13(12)17-4/h17H,6H2,1-5H3,(H,18,20). The van der Waals surface area contributed by atoms with E-state index in [4.69, 9.17) is 9.47 Å². The molecule has 1 amide bonds. The lowest BCUT2D eigenvalue weighted by Gasteiger charge is -2.08. The smallest absolute Gasteiger partial charge is 0.343 e. The van der Waals surface area contributed by atoms with E-state index in [0.29, 0.717) is 26.8 Å². The van der Waals surface area contributed by atoms with Crippen molar-refractivity contribution in [1.29, 1.82) is 0 Å². The number of hydrogen-bond acceptors (Lipinski definition) is 9. The Kier molecular flexibility index (Phi) is 6.32. The number of ether oxygens (including phenoxy) is 2. The summed E-state index contributed by atoms with van der Waals surface area (Å²) in [6, 6.07) is 0. The zero-order valence-corrected chi connectivity index (χ0v) is 16.6. The average molecular weight is 397 g/mol. The van der Waals surface area contributed by atoms with Gasteiger partial charge in [-0.3, -0.25) is 4.79 Å². The van der Waals surface area contributed by atoms with Crippen LogP contribution in [0, 0.1) is 20.8 Å².